The van der Waals surface area contributed by atoms with Gasteiger partial charge in [0.1, 0.15) is 0 Å². The summed E-state index contributed by atoms with van der Waals surface area (Å²) in [5.74, 6) is 0.259. The number of carbonyl (C=O) groups excluding carboxylic acids is 1. The topological polar surface area (TPSA) is 72.2 Å². The van der Waals surface area contributed by atoms with E-state index in [-0.39, 0.29) is 22.9 Å². The fourth-order valence-corrected chi connectivity index (χ4v) is 4.03. The Morgan fingerprint density at radius 3 is 2.38 bits per heavy atom. The molecule has 1 aromatic carbocycles. The van der Waals surface area contributed by atoms with Gasteiger partial charge >= 0.3 is 0 Å². The summed E-state index contributed by atoms with van der Waals surface area (Å²) >= 11 is 3.03. The summed E-state index contributed by atoms with van der Waals surface area (Å²) in [7, 11) is 0. The number of amides is 1. The van der Waals surface area contributed by atoms with Crippen molar-refractivity contribution in [3.05, 3.63) is 56.8 Å². The zero-order chi connectivity index (χ0) is 17.7. The molecule has 0 radical (unpaired) electrons. The van der Waals surface area contributed by atoms with Gasteiger partial charge in [-0.25, -0.2) is 0 Å². The largest absolute Gasteiger partial charge is 0.347 e. The first-order chi connectivity index (χ1) is 11.4. The average molecular weight is 364 g/mol. The van der Waals surface area contributed by atoms with Crippen LogP contribution in [-0.2, 0) is 4.79 Å². The highest BCUT2D eigenvalue weighted by atomic mass is 32.2. The molecular weight excluding hydrogens is 344 g/mol. The maximum atomic E-state index is 12.5. The quantitative estimate of drug-likeness (QED) is 0.441. The van der Waals surface area contributed by atoms with E-state index in [2.05, 4.69) is 19.2 Å². The van der Waals surface area contributed by atoms with Crippen LogP contribution in [0, 0.1) is 16.0 Å². The molecule has 0 aliphatic heterocycles. The molecule has 2 rings (SSSR count). The molecule has 0 aliphatic rings. The summed E-state index contributed by atoms with van der Waals surface area (Å²) < 4.78 is 0. The molecule has 0 saturated carbocycles. The van der Waals surface area contributed by atoms with Crippen LogP contribution in [0.25, 0.3) is 0 Å². The lowest BCUT2D eigenvalue weighted by Crippen LogP contribution is -2.36. The Hall–Kier alpha value is -1.86. The molecule has 7 heteroatoms. The monoisotopic (exact) mass is 364 g/mol. The molecule has 0 saturated heterocycles. The van der Waals surface area contributed by atoms with Gasteiger partial charge in [0, 0.05) is 21.9 Å². The number of hydrogen-bond donors (Lipinski definition) is 1. The van der Waals surface area contributed by atoms with Gasteiger partial charge in [-0.1, -0.05) is 19.9 Å². The van der Waals surface area contributed by atoms with Crippen molar-refractivity contribution in [1.29, 1.82) is 0 Å². The van der Waals surface area contributed by atoms with Crippen LogP contribution in [0.1, 0.15) is 31.7 Å². The number of nitro benzene ring substituents is 1. The third-order valence-corrected chi connectivity index (χ3v) is 5.61. The van der Waals surface area contributed by atoms with Crippen molar-refractivity contribution < 1.29 is 9.72 Å². The van der Waals surface area contributed by atoms with Crippen LogP contribution in [0.3, 0.4) is 0 Å². The smallest absolute Gasteiger partial charge is 0.269 e. The van der Waals surface area contributed by atoms with Gasteiger partial charge in [0.05, 0.1) is 16.2 Å². The molecular formula is C17H20N2O3S2. The Kier molecular flexibility index (Phi) is 6.39. The number of thiophene rings is 1. The van der Waals surface area contributed by atoms with Crippen molar-refractivity contribution in [3.8, 4) is 0 Å². The van der Waals surface area contributed by atoms with Crippen molar-refractivity contribution in [2.24, 2.45) is 5.92 Å². The molecule has 2 aromatic rings. The van der Waals surface area contributed by atoms with Crippen LogP contribution >= 0.6 is 23.1 Å². The van der Waals surface area contributed by atoms with Crippen LogP contribution in [0.15, 0.2) is 46.7 Å². The third kappa shape index (κ3) is 4.82. The van der Waals surface area contributed by atoms with Crippen molar-refractivity contribution >= 4 is 34.7 Å². The maximum Gasteiger partial charge on any atom is 0.269 e. The summed E-state index contributed by atoms with van der Waals surface area (Å²) in [6.45, 7) is 6.00. The van der Waals surface area contributed by atoms with Gasteiger partial charge in [-0.15, -0.1) is 23.1 Å². The molecule has 0 aliphatic carbocycles. The van der Waals surface area contributed by atoms with E-state index in [4.69, 9.17) is 0 Å². The maximum absolute atomic E-state index is 12.5. The zero-order valence-electron chi connectivity index (χ0n) is 13.8. The van der Waals surface area contributed by atoms with E-state index in [1.807, 2.05) is 24.4 Å². The Balaban J connectivity index is 1.99. The Labute approximate surface area is 149 Å². The molecule has 24 heavy (non-hydrogen) atoms. The Bertz CT molecular complexity index is 684. The van der Waals surface area contributed by atoms with Gasteiger partial charge in [0.25, 0.3) is 5.69 Å². The first-order valence-corrected chi connectivity index (χ1v) is 9.39. The highest BCUT2D eigenvalue weighted by Crippen LogP contribution is 2.29. The van der Waals surface area contributed by atoms with Crippen molar-refractivity contribution in [1.82, 2.24) is 5.32 Å². The normalized spacial score (nSPS) is 13.5. The number of nitrogens with zero attached hydrogens (tertiary/aromatic N) is 1. The SMILES string of the molecule is CC(Sc1ccc([N+](=O)[O-])cc1)C(=O)NC(c1cccs1)C(C)C. The van der Waals surface area contributed by atoms with Crippen LogP contribution in [0.4, 0.5) is 5.69 Å². The number of nitro groups is 1. The lowest BCUT2D eigenvalue weighted by molar-refractivity contribution is -0.384. The van der Waals surface area contributed by atoms with Crippen LogP contribution in [-0.4, -0.2) is 16.1 Å². The molecule has 0 spiro atoms. The summed E-state index contributed by atoms with van der Waals surface area (Å²) in [6.07, 6.45) is 0. The molecule has 0 fully saturated rings. The number of nitrogens with one attached hydrogen (secondary N) is 1. The van der Waals surface area contributed by atoms with Crippen LogP contribution < -0.4 is 5.32 Å². The minimum absolute atomic E-state index is 0.00240. The highest BCUT2D eigenvalue weighted by molar-refractivity contribution is 8.00. The number of benzene rings is 1. The van der Waals surface area contributed by atoms with Crippen LogP contribution in [0.5, 0.6) is 0 Å². The van der Waals surface area contributed by atoms with E-state index in [9.17, 15) is 14.9 Å². The van der Waals surface area contributed by atoms with E-state index in [0.717, 1.165) is 9.77 Å². The predicted molar refractivity (Wildman–Crippen MR) is 98.5 cm³/mol. The fourth-order valence-electron chi connectivity index (χ4n) is 2.21. The minimum Gasteiger partial charge on any atom is -0.347 e. The van der Waals surface area contributed by atoms with Gasteiger partial charge in [-0.2, -0.15) is 0 Å². The lowest BCUT2D eigenvalue weighted by atomic mass is 10.0. The Morgan fingerprint density at radius 2 is 1.88 bits per heavy atom. The zero-order valence-corrected chi connectivity index (χ0v) is 15.4. The average Bonchev–Trinajstić information content (AvgIpc) is 3.06. The number of carbonyl (C=O) groups is 1. The number of thioether (sulfide) groups is 1. The van der Waals surface area contributed by atoms with Gasteiger partial charge < -0.3 is 5.32 Å². The highest BCUT2D eigenvalue weighted by Gasteiger charge is 2.23. The molecule has 128 valence electrons. The Morgan fingerprint density at radius 1 is 1.21 bits per heavy atom. The first kappa shape index (κ1) is 18.5. The van der Waals surface area contributed by atoms with E-state index < -0.39 is 4.92 Å². The van der Waals surface area contributed by atoms with Crippen molar-refractivity contribution in [2.45, 2.75) is 37.0 Å². The van der Waals surface area contributed by atoms with Gasteiger partial charge in [-0.3, -0.25) is 14.9 Å². The minimum atomic E-state index is -0.432. The van der Waals surface area contributed by atoms with Gasteiger partial charge in [-0.05, 0) is 36.4 Å². The number of rotatable bonds is 7. The van der Waals surface area contributed by atoms with Gasteiger partial charge in [0.2, 0.25) is 5.91 Å². The summed E-state index contributed by atoms with van der Waals surface area (Å²) in [4.78, 5) is 24.7. The van der Waals surface area contributed by atoms with E-state index in [1.54, 1.807) is 23.5 Å². The van der Waals surface area contributed by atoms with E-state index in [0.29, 0.717) is 5.92 Å². The second-order valence-corrected chi connectivity index (χ2v) is 8.15. The second kappa shape index (κ2) is 8.30. The lowest BCUT2D eigenvalue weighted by Gasteiger charge is -2.23. The first-order valence-electron chi connectivity index (χ1n) is 7.63. The molecule has 1 N–H and O–H groups in total. The molecule has 5 nitrogen and oxygen atoms in total. The van der Waals surface area contributed by atoms with Crippen molar-refractivity contribution in [3.63, 3.8) is 0 Å². The number of hydrogen-bond acceptors (Lipinski definition) is 5. The molecule has 2 unspecified atom stereocenters. The van der Waals surface area contributed by atoms with E-state index in [1.165, 1.54) is 23.9 Å². The molecule has 2 atom stereocenters. The summed E-state index contributed by atoms with van der Waals surface area (Å²) in [5, 5.41) is 15.5. The molecule has 1 aromatic heterocycles. The summed E-state index contributed by atoms with van der Waals surface area (Å²) in [6, 6.07) is 10.3. The standard InChI is InChI=1S/C17H20N2O3S2/c1-11(2)16(15-5-4-10-23-15)18-17(20)12(3)24-14-8-6-13(7-9-14)19(21)22/h4-12,16H,1-3H3,(H,18,20). The molecule has 1 amide bonds. The fraction of sp³-hybridized carbons (Fsp3) is 0.353. The number of non-ortho nitro benzene ring substituents is 1. The predicted octanol–water partition coefficient (Wildman–Crippen LogP) is 4.65. The van der Waals surface area contributed by atoms with Crippen LogP contribution in [0.2, 0.25) is 0 Å². The summed E-state index contributed by atoms with van der Waals surface area (Å²) in [5.41, 5.74) is 0.0500. The van der Waals surface area contributed by atoms with Crippen molar-refractivity contribution in [2.75, 3.05) is 0 Å². The van der Waals surface area contributed by atoms with Gasteiger partial charge in [0.15, 0.2) is 0 Å². The second-order valence-electron chi connectivity index (χ2n) is 5.76. The molecule has 0 bridgehead atoms. The van der Waals surface area contributed by atoms with E-state index >= 15 is 0 Å². The molecule has 1 heterocycles. The third-order valence-electron chi connectivity index (χ3n) is 3.54.